The van der Waals surface area contributed by atoms with Gasteiger partial charge in [-0.05, 0) is 50.3 Å². The van der Waals surface area contributed by atoms with Crippen molar-refractivity contribution in [2.75, 3.05) is 6.54 Å². The summed E-state index contributed by atoms with van der Waals surface area (Å²) < 4.78 is 6.05. The predicted molar refractivity (Wildman–Crippen MR) is 89.7 cm³/mol. The Labute approximate surface area is 130 Å². The maximum atomic E-state index is 6.05. The molecule has 1 N–H and O–H groups in total. The Morgan fingerprint density at radius 2 is 1.62 bits per heavy atom. The van der Waals surface area contributed by atoms with Crippen LogP contribution in [0.15, 0.2) is 24.3 Å². The molecule has 0 radical (unpaired) electrons. The topological polar surface area (TPSA) is 21.3 Å². The third-order valence-electron chi connectivity index (χ3n) is 5.14. The number of nitrogens with one attached hydrogen (secondary N) is 1. The molecule has 1 aromatic carbocycles. The van der Waals surface area contributed by atoms with E-state index in [1.165, 1.54) is 11.1 Å². The Bertz CT molecular complexity index is 428. The molecule has 1 saturated heterocycles. The Morgan fingerprint density at radius 3 is 2.10 bits per heavy atom. The van der Waals surface area contributed by atoms with Gasteiger partial charge in [-0.1, -0.05) is 45.0 Å². The number of hydrogen-bond acceptors (Lipinski definition) is 2. The average molecular weight is 289 g/mol. The van der Waals surface area contributed by atoms with Crippen molar-refractivity contribution in [1.29, 1.82) is 0 Å². The summed E-state index contributed by atoms with van der Waals surface area (Å²) in [6.45, 7) is 12.2. The molecule has 21 heavy (non-hydrogen) atoms. The molecule has 1 aliphatic heterocycles. The Kier molecular flexibility index (Phi) is 5.83. The summed E-state index contributed by atoms with van der Waals surface area (Å²) in [6, 6.07) is 9.60. The molecule has 2 nitrogen and oxygen atoms in total. The molecule has 2 rings (SSSR count). The second kappa shape index (κ2) is 7.42. The van der Waals surface area contributed by atoms with E-state index < -0.39 is 0 Å². The van der Waals surface area contributed by atoms with E-state index >= 15 is 0 Å². The van der Waals surface area contributed by atoms with Gasteiger partial charge in [0.2, 0.25) is 0 Å². The minimum Gasteiger partial charge on any atom is -0.375 e. The molecule has 5 unspecified atom stereocenters. The zero-order chi connectivity index (χ0) is 15.4. The predicted octanol–water partition coefficient (Wildman–Crippen LogP) is 3.83. The van der Waals surface area contributed by atoms with Crippen molar-refractivity contribution in [3.63, 3.8) is 0 Å². The van der Waals surface area contributed by atoms with Gasteiger partial charge < -0.3 is 10.1 Å². The lowest BCUT2D eigenvalue weighted by Gasteiger charge is -2.30. The third kappa shape index (κ3) is 3.87. The first-order chi connectivity index (χ1) is 10.1. The van der Waals surface area contributed by atoms with Gasteiger partial charge in [-0.2, -0.15) is 0 Å². The minimum atomic E-state index is 0.342. The van der Waals surface area contributed by atoms with Gasteiger partial charge >= 0.3 is 0 Å². The van der Waals surface area contributed by atoms with Gasteiger partial charge in [-0.25, -0.2) is 0 Å². The largest absolute Gasteiger partial charge is 0.375 e. The van der Waals surface area contributed by atoms with Crippen LogP contribution in [-0.4, -0.2) is 24.8 Å². The van der Waals surface area contributed by atoms with Crippen molar-refractivity contribution in [3.05, 3.63) is 35.4 Å². The van der Waals surface area contributed by atoms with E-state index in [4.69, 9.17) is 4.74 Å². The molecule has 0 bridgehead atoms. The van der Waals surface area contributed by atoms with Crippen LogP contribution in [-0.2, 0) is 17.6 Å². The fourth-order valence-electron chi connectivity index (χ4n) is 3.76. The minimum absolute atomic E-state index is 0.342. The molecule has 1 heterocycles. The zero-order valence-corrected chi connectivity index (χ0v) is 14.2. The van der Waals surface area contributed by atoms with Gasteiger partial charge in [-0.15, -0.1) is 0 Å². The molecule has 0 aliphatic carbocycles. The van der Waals surface area contributed by atoms with Crippen LogP contribution >= 0.6 is 0 Å². The monoisotopic (exact) mass is 289 g/mol. The molecule has 1 aliphatic rings. The number of benzene rings is 1. The van der Waals surface area contributed by atoms with Gasteiger partial charge in [0, 0.05) is 12.0 Å². The van der Waals surface area contributed by atoms with Gasteiger partial charge in [0.1, 0.15) is 0 Å². The summed E-state index contributed by atoms with van der Waals surface area (Å²) in [4.78, 5) is 0. The van der Waals surface area contributed by atoms with Crippen molar-refractivity contribution in [2.45, 2.75) is 65.7 Å². The number of ether oxygens (including phenoxy) is 1. The average Bonchev–Trinajstić information content (AvgIpc) is 2.72. The maximum absolute atomic E-state index is 6.05. The Morgan fingerprint density at radius 1 is 1.00 bits per heavy atom. The van der Waals surface area contributed by atoms with Crippen LogP contribution in [0.5, 0.6) is 0 Å². The van der Waals surface area contributed by atoms with Crippen LogP contribution in [0.25, 0.3) is 0 Å². The highest BCUT2D eigenvalue weighted by atomic mass is 16.5. The van der Waals surface area contributed by atoms with Crippen molar-refractivity contribution in [1.82, 2.24) is 5.32 Å². The first-order valence-electron chi connectivity index (χ1n) is 8.53. The molecule has 0 aromatic heterocycles. The highest BCUT2D eigenvalue weighted by molar-refractivity contribution is 5.23. The lowest BCUT2D eigenvalue weighted by atomic mass is 9.81. The molecule has 1 aromatic rings. The summed E-state index contributed by atoms with van der Waals surface area (Å²) in [6.07, 6.45) is 2.91. The molecule has 118 valence electrons. The fraction of sp³-hybridized carbons (Fsp3) is 0.684. The highest BCUT2D eigenvalue weighted by Gasteiger charge is 2.41. The van der Waals surface area contributed by atoms with Gasteiger partial charge in [0.25, 0.3) is 0 Å². The van der Waals surface area contributed by atoms with E-state index in [9.17, 15) is 0 Å². The number of aryl methyl sites for hydroxylation is 1. The standard InChI is InChI=1S/C19H31NO/c1-6-16-8-10-17(11-9-16)12-18(20-7-2)19-13(3)14(4)21-15(19)5/h8-11,13-15,18-20H,6-7,12H2,1-5H3. The normalized spacial score (nSPS) is 30.5. The third-order valence-corrected chi connectivity index (χ3v) is 5.14. The lowest BCUT2D eigenvalue weighted by molar-refractivity contribution is 0.0476. The smallest absolute Gasteiger partial charge is 0.0597 e. The fourth-order valence-corrected chi connectivity index (χ4v) is 3.76. The first kappa shape index (κ1) is 16.5. The SMILES string of the molecule is CCNC(Cc1ccc(CC)cc1)C1C(C)OC(C)C1C. The molecule has 0 spiro atoms. The molecule has 2 heteroatoms. The Hall–Kier alpha value is -0.860. The highest BCUT2D eigenvalue weighted by Crippen LogP contribution is 2.35. The van der Waals surface area contributed by atoms with E-state index in [0.29, 0.717) is 30.1 Å². The van der Waals surface area contributed by atoms with Crippen LogP contribution in [0.4, 0.5) is 0 Å². The van der Waals surface area contributed by atoms with E-state index in [-0.39, 0.29) is 0 Å². The van der Waals surface area contributed by atoms with E-state index in [1.807, 2.05) is 0 Å². The first-order valence-corrected chi connectivity index (χ1v) is 8.53. The number of rotatable bonds is 6. The van der Waals surface area contributed by atoms with E-state index in [0.717, 1.165) is 19.4 Å². The summed E-state index contributed by atoms with van der Waals surface area (Å²) >= 11 is 0. The van der Waals surface area contributed by atoms with Gasteiger partial charge in [0.15, 0.2) is 0 Å². The number of hydrogen-bond donors (Lipinski definition) is 1. The van der Waals surface area contributed by atoms with Crippen LogP contribution in [0, 0.1) is 11.8 Å². The van der Waals surface area contributed by atoms with E-state index in [1.54, 1.807) is 0 Å². The quantitative estimate of drug-likeness (QED) is 0.859. The molecule has 0 amide bonds. The molecular formula is C19H31NO. The summed E-state index contributed by atoms with van der Waals surface area (Å²) in [5.74, 6) is 1.20. The van der Waals surface area contributed by atoms with Crippen LogP contribution in [0.3, 0.4) is 0 Å². The second-order valence-electron chi connectivity index (χ2n) is 6.52. The van der Waals surface area contributed by atoms with Crippen molar-refractivity contribution in [2.24, 2.45) is 11.8 Å². The maximum Gasteiger partial charge on any atom is 0.0597 e. The van der Waals surface area contributed by atoms with Gasteiger partial charge in [-0.3, -0.25) is 0 Å². The summed E-state index contributed by atoms with van der Waals surface area (Å²) in [7, 11) is 0. The Balaban J connectivity index is 2.11. The van der Waals surface area contributed by atoms with Crippen molar-refractivity contribution in [3.8, 4) is 0 Å². The van der Waals surface area contributed by atoms with Gasteiger partial charge in [0.05, 0.1) is 12.2 Å². The van der Waals surface area contributed by atoms with Crippen LogP contribution in [0.2, 0.25) is 0 Å². The molecular weight excluding hydrogens is 258 g/mol. The van der Waals surface area contributed by atoms with Crippen LogP contribution in [0.1, 0.15) is 45.7 Å². The van der Waals surface area contributed by atoms with Crippen molar-refractivity contribution < 1.29 is 4.74 Å². The molecule has 1 fully saturated rings. The summed E-state index contributed by atoms with van der Waals surface area (Å²) in [5.41, 5.74) is 2.84. The molecule has 5 atom stereocenters. The van der Waals surface area contributed by atoms with Crippen LogP contribution < -0.4 is 5.32 Å². The van der Waals surface area contributed by atoms with E-state index in [2.05, 4.69) is 64.2 Å². The van der Waals surface area contributed by atoms with Crippen molar-refractivity contribution >= 4 is 0 Å². The number of likely N-dealkylation sites (N-methyl/N-ethyl adjacent to an activating group) is 1. The zero-order valence-electron chi connectivity index (χ0n) is 14.2. The lowest BCUT2D eigenvalue weighted by Crippen LogP contribution is -2.43. The molecule has 0 saturated carbocycles. The second-order valence-corrected chi connectivity index (χ2v) is 6.52. The summed E-state index contributed by atoms with van der Waals surface area (Å²) in [5, 5.41) is 3.70.